The Bertz CT molecular complexity index is 509. The van der Waals surface area contributed by atoms with Gasteiger partial charge in [-0.25, -0.2) is 13.6 Å². The molecule has 0 saturated heterocycles. The van der Waals surface area contributed by atoms with E-state index >= 15 is 0 Å². The Morgan fingerprint density at radius 1 is 1.33 bits per heavy atom. The molecule has 0 aliphatic heterocycles. The lowest BCUT2D eigenvalue weighted by Crippen LogP contribution is -2.14. The van der Waals surface area contributed by atoms with Gasteiger partial charge in [0.15, 0.2) is 0 Å². The normalized spacial score (nSPS) is 10.3. The number of ether oxygens (including phenoxy) is 1. The molecule has 1 aromatic rings. The summed E-state index contributed by atoms with van der Waals surface area (Å²) in [5.74, 6) is 0.125. The Morgan fingerprint density at radius 3 is 2.28 bits per heavy atom. The first-order chi connectivity index (χ1) is 8.34. The van der Waals surface area contributed by atoms with Crippen molar-refractivity contribution in [2.24, 2.45) is 5.14 Å². The van der Waals surface area contributed by atoms with Crippen molar-refractivity contribution in [2.75, 3.05) is 7.11 Å². The predicted octanol–water partition coefficient (Wildman–Crippen LogP) is 1.50. The van der Waals surface area contributed by atoms with E-state index in [1.54, 1.807) is 6.07 Å². The minimum atomic E-state index is -3.84. The van der Waals surface area contributed by atoms with E-state index in [-0.39, 0.29) is 22.8 Å². The van der Waals surface area contributed by atoms with E-state index in [1.807, 2.05) is 13.8 Å². The van der Waals surface area contributed by atoms with Crippen molar-refractivity contribution >= 4 is 15.8 Å². The van der Waals surface area contributed by atoms with Crippen molar-refractivity contribution in [2.45, 2.75) is 32.1 Å². The topological polar surface area (TPSA) is 86.5 Å². The summed E-state index contributed by atoms with van der Waals surface area (Å²) >= 11 is 0. The zero-order chi connectivity index (χ0) is 14.3. The minimum Gasteiger partial charge on any atom is -0.495 e. The van der Waals surface area contributed by atoms with Gasteiger partial charge in [0, 0.05) is 6.42 Å². The highest BCUT2D eigenvalue weighted by Gasteiger charge is 2.15. The van der Waals surface area contributed by atoms with E-state index in [0.29, 0.717) is 5.56 Å². The third kappa shape index (κ3) is 4.85. The first-order valence-electron chi connectivity index (χ1n) is 5.53. The molecule has 0 spiro atoms. The van der Waals surface area contributed by atoms with Crippen molar-refractivity contribution in [1.82, 2.24) is 0 Å². The number of benzene rings is 1. The third-order valence-electron chi connectivity index (χ3n) is 1.99. The van der Waals surface area contributed by atoms with Crippen molar-refractivity contribution in [3.05, 3.63) is 23.8 Å². The van der Waals surface area contributed by atoms with Crippen LogP contribution in [0.2, 0.25) is 0 Å². The van der Waals surface area contributed by atoms with Crippen molar-refractivity contribution in [3.63, 3.8) is 0 Å². The van der Waals surface area contributed by atoms with Crippen LogP contribution >= 0.6 is 0 Å². The van der Waals surface area contributed by atoms with E-state index in [4.69, 9.17) is 9.88 Å². The molecule has 0 bridgehead atoms. The van der Waals surface area contributed by atoms with Crippen molar-refractivity contribution < 1.29 is 17.9 Å². The Balaban J connectivity index is 0.00000137. The summed E-state index contributed by atoms with van der Waals surface area (Å²) in [5.41, 5.74) is 0.595. The number of ketones is 1. The second kappa shape index (κ2) is 7.13. The maximum absolute atomic E-state index is 11.3. The summed E-state index contributed by atoms with van der Waals surface area (Å²) in [5, 5.41) is 5.04. The minimum absolute atomic E-state index is 0.0504. The van der Waals surface area contributed by atoms with Gasteiger partial charge in [0.25, 0.3) is 0 Å². The molecule has 0 saturated carbocycles. The summed E-state index contributed by atoms with van der Waals surface area (Å²) in [7, 11) is -2.48. The number of Topliss-reactive ketones (excluding diaryl/α,β-unsaturated/α-hetero) is 1. The van der Waals surface area contributed by atoms with E-state index < -0.39 is 10.0 Å². The van der Waals surface area contributed by atoms with Gasteiger partial charge >= 0.3 is 0 Å². The highest BCUT2D eigenvalue weighted by atomic mass is 32.2. The molecule has 0 unspecified atom stereocenters. The van der Waals surface area contributed by atoms with Crippen molar-refractivity contribution in [3.8, 4) is 5.75 Å². The molecule has 5 nitrogen and oxygen atoms in total. The molecule has 0 aromatic heterocycles. The number of sulfonamides is 1. The van der Waals surface area contributed by atoms with Crippen LogP contribution < -0.4 is 9.88 Å². The van der Waals surface area contributed by atoms with Crippen LogP contribution in [0.3, 0.4) is 0 Å². The predicted molar refractivity (Wildman–Crippen MR) is 70.1 cm³/mol. The molecule has 0 radical (unpaired) electrons. The Kier molecular flexibility index (Phi) is 6.57. The fraction of sp³-hybridized carbons (Fsp3) is 0.417. The molecule has 6 heteroatoms. The lowest BCUT2D eigenvalue weighted by atomic mass is 10.1. The van der Waals surface area contributed by atoms with Gasteiger partial charge in [-0.2, -0.15) is 0 Å². The maximum atomic E-state index is 11.3. The van der Waals surface area contributed by atoms with Crippen LogP contribution in [0.5, 0.6) is 5.75 Å². The summed E-state index contributed by atoms with van der Waals surface area (Å²) in [6.07, 6.45) is 0.173. The number of carbonyl (C=O) groups is 1. The molecule has 0 aliphatic carbocycles. The van der Waals surface area contributed by atoms with Crippen LogP contribution in [0.1, 0.15) is 26.3 Å². The lowest BCUT2D eigenvalue weighted by molar-refractivity contribution is -0.116. The number of hydrogen-bond donors (Lipinski definition) is 1. The van der Waals surface area contributed by atoms with Crippen LogP contribution in [0.15, 0.2) is 23.1 Å². The van der Waals surface area contributed by atoms with Crippen LogP contribution in [-0.4, -0.2) is 21.3 Å². The molecule has 1 aromatic carbocycles. The number of methoxy groups -OCH3 is 1. The molecule has 1 rings (SSSR count). The van der Waals surface area contributed by atoms with E-state index in [1.165, 1.54) is 26.2 Å². The van der Waals surface area contributed by atoms with Gasteiger partial charge < -0.3 is 4.74 Å². The second-order valence-corrected chi connectivity index (χ2v) is 4.94. The second-order valence-electron chi connectivity index (χ2n) is 3.41. The molecule has 2 N–H and O–H groups in total. The summed E-state index contributed by atoms with van der Waals surface area (Å²) in [4.78, 5) is 10.8. The number of carbonyl (C=O) groups excluding carboxylic acids is 1. The third-order valence-corrected chi connectivity index (χ3v) is 2.92. The van der Waals surface area contributed by atoms with Gasteiger partial charge in [0.2, 0.25) is 10.0 Å². The molecule has 18 heavy (non-hydrogen) atoms. The summed E-state index contributed by atoms with van der Waals surface area (Å²) < 4.78 is 27.4. The first-order valence-corrected chi connectivity index (χ1v) is 7.08. The zero-order valence-electron chi connectivity index (χ0n) is 11.1. The molecule has 0 fully saturated rings. The molecule has 0 heterocycles. The molecular formula is C12H19NO4S. The maximum Gasteiger partial charge on any atom is 0.241 e. The Morgan fingerprint density at radius 2 is 1.89 bits per heavy atom. The largest absolute Gasteiger partial charge is 0.495 e. The van der Waals surface area contributed by atoms with Crippen molar-refractivity contribution in [1.29, 1.82) is 0 Å². The first kappa shape index (κ1) is 16.6. The van der Waals surface area contributed by atoms with Gasteiger partial charge in [-0.1, -0.05) is 19.9 Å². The van der Waals surface area contributed by atoms with Gasteiger partial charge in [-0.3, -0.25) is 4.79 Å². The van der Waals surface area contributed by atoms with Crippen LogP contribution in [0.25, 0.3) is 0 Å². The van der Waals surface area contributed by atoms with E-state index in [9.17, 15) is 13.2 Å². The molecular weight excluding hydrogens is 254 g/mol. The number of nitrogens with two attached hydrogens (primary N) is 1. The van der Waals surface area contributed by atoms with Crippen LogP contribution in [0, 0.1) is 0 Å². The van der Waals surface area contributed by atoms with E-state index in [0.717, 1.165) is 0 Å². The monoisotopic (exact) mass is 273 g/mol. The fourth-order valence-corrected chi connectivity index (χ4v) is 2.09. The highest BCUT2D eigenvalue weighted by Crippen LogP contribution is 2.23. The summed E-state index contributed by atoms with van der Waals surface area (Å²) in [6.45, 7) is 5.43. The van der Waals surface area contributed by atoms with Gasteiger partial charge in [-0.15, -0.1) is 0 Å². The van der Waals surface area contributed by atoms with Crippen LogP contribution in [-0.2, 0) is 21.2 Å². The Labute approximate surface area is 108 Å². The SMILES string of the molecule is CC.COc1ccc(CC(C)=O)cc1S(N)(=O)=O. The van der Waals surface area contributed by atoms with E-state index in [2.05, 4.69) is 0 Å². The fourth-order valence-electron chi connectivity index (χ4n) is 1.34. The molecule has 0 aliphatic rings. The van der Waals surface area contributed by atoms with Gasteiger partial charge in [-0.05, 0) is 24.6 Å². The summed E-state index contributed by atoms with van der Waals surface area (Å²) in [6, 6.07) is 4.47. The average molecular weight is 273 g/mol. The average Bonchev–Trinajstić information content (AvgIpc) is 2.29. The molecule has 102 valence electrons. The quantitative estimate of drug-likeness (QED) is 0.900. The van der Waals surface area contributed by atoms with Gasteiger partial charge in [0.1, 0.15) is 16.4 Å². The number of rotatable bonds is 4. The number of primary sulfonamides is 1. The standard InChI is InChI=1S/C10H13NO4S.C2H6/c1-7(12)5-8-3-4-9(15-2)10(6-8)16(11,13)14;1-2/h3-4,6H,5H2,1-2H3,(H2,11,13,14);1-2H3. The molecule has 0 atom stereocenters. The smallest absolute Gasteiger partial charge is 0.241 e. The zero-order valence-corrected chi connectivity index (χ0v) is 11.9. The lowest BCUT2D eigenvalue weighted by Gasteiger charge is -2.08. The number of hydrogen-bond acceptors (Lipinski definition) is 4. The van der Waals surface area contributed by atoms with Gasteiger partial charge in [0.05, 0.1) is 7.11 Å². The van der Waals surface area contributed by atoms with Crippen LogP contribution in [0.4, 0.5) is 0 Å². The molecule has 0 amide bonds. The highest BCUT2D eigenvalue weighted by molar-refractivity contribution is 7.89. The Hall–Kier alpha value is -1.40.